The molecule has 0 bridgehead atoms. The fourth-order valence-corrected chi connectivity index (χ4v) is 9.56. The van der Waals surface area contributed by atoms with Crippen molar-refractivity contribution in [3.63, 3.8) is 0 Å². The number of fused-ring (bicyclic) bond motifs is 8. The molecule has 0 spiro atoms. The summed E-state index contributed by atoms with van der Waals surface area (Å²) in [4.78, 5) is 0. The van der Waals surface area contributed by atoms with Gasteiger partial charge in [-0.2, -0.15) is 0 Å². The van der Waals surface area contributed by atoms with Gasteiger partial charge in [0.1, 0.15) is 23.0 Å². The Bertz CT molecular complexity index is 2550. The summed E-state index contributed by atoms with van der Waals surface area (Å²) in [5.74, 6) is 3.90. The third-order valence-corrected chi connectivity index (χ3v) is 11.2. The Balaban J connectivity index is 1.28. The summed E-state index contributed by atoms with van der Waals surface area (Å²) < 4.78 is 13.2. The van der Waals surface area contributed by atoms with Crippen LogP contribution >= 0.6 is 0 Å². The predicted octanol–water partition coefficient (Wildman–Crippen LogP) is 6.41. The first-order valence-electron chi connectivity index (χ1n) is 16.2. The second-order valence-corrected chi connectivity index (χ2v) is 13.7. The molecular formula is C42H24B2O2. The van der Waals surface area contributed by atoms with Crippen molar-refractivity contribution in [3.8, 4) is 45.3 Å². The Morgan fingerprint density at radius 3 is 1.33 bits per heavy atom. The molecule has 2 nitrogen and oxygen atoms in total. The van der Waals surface area contributed by atoms with E-state index in [0.29, 0.717) is 0 Å². The Morgan fingerprint density at radius 2 is 0.848 bits per heavy atom. The molecule has 8 aromatic carbocycles. The second kappa shape index (κ2) is 7.84. The summed E-state index contributed by atoms with van der Waals surface area (Å²) in [6.45, 7) is 4.62. The number of rotatable bonds is 0. The van der Waals surface area contributed by atoms with E-state index < -0.39 is 0 Å². The highest BCUT2D eigenvalue weighted by Gasteiger charge is 2.43. The summed E-state index contributed by atoms with van der Waals surface area (Å²) in [6, 6.07) is 40.9. The molecule has 0 aromatic heterocycles. The van der Waals surface area contributed by atoms with Crippen molar-refractivity contribution >= 4 is 78.5 Å². The molecule has 8 aromatic rings. The monoisotopic (exact) mass is 582 g/mol. The Labute approximate surface area is 266 Å². The molecule has 0 atom stereocenters. The minimum atomic E-state index is 0.123. The minimum Gasteiger partial charge on any atom is -0.458 e. The van der Waals surface area contributed by atoms with Gasteiger partial charge in [-0.25, -0.2) is 0 Å². The average Bonchev–Trinajstić information content (AvgIpc) is 3.07. The van der Waals surface area contributed by atoms with E-state index >= 15 is 0 Å². The van der Waals surface area contributed by atoms with Crippen LogP contribution in [0.1, 0.15) is 11.1 Å². The lowest BCUT2D eigenvalue weighted by Gasteiger charge is -2.36. The Morgan fingerprint density at radius 1 is 0.391 bits per heavy atom. The molecule has 210 valence electrons. The van der Waals surface area contributed by atoms with E-state index in [1.807, 2.05) is 0 Å². The summed E-state index contributed by atoms with van der Waals surface area (Å²) >= 11 is 0. The first-order chi connectivity index (χ1) is 22.6. The first-order valence-corrected chi connectivity index (χ1v) is 16.2. The standard InChI is InChI=1S/C42H24B2O2/c1-21-15-27-25-13-11-23-20-32-40-26(28-16-22(2)18-36-42(28)44(32)30-8-4-6-10-34(30)46-36)14-12-24-19-31(39(25)37(23)38(24)40)43-29-7-3-5-9-33(29)45-35(17-21)41(27)43/h3-20H,1-2H3. The van der Waals surface area contributed by atoms with E-state index in [1.54, 1.807) is 0 Å². The van der Waals surface area contributed by atoms with E-state index in [-0.39, 0.29) is 13.4 Å². The third-order valence-electron chi connectivity index (χ3n) is 11.2. The normalized spacial score (nSPS) is 14.1. The molecule has 4 heteroatoms. The zero-order valence-electron chi connectivity index (χ0n) is 25.4. The van der Waals surface area contributed by atoms with Gasteiger partial charge in [0.05, 0.1) is 0 Å². The van der Waals surface area contributed by atoms with E-state index in [9.17, 15) is 0 Å². The highest BCUT2D eigenvalue weighted by molar-refractivity contribution is 7.01. The highest BCUT2D eigenvalue weighted by Crippen LogP contribution is 2.46. The lowest BCUT2D eigenvalue weighted by Crippen LogP contribution is -2.58. The lowest BCUT2D eigenvalue weighted by atomic mass is 9.32. The van der Waals surface area contributed by atoms with E-state index in [0.717, 1.165) is 23.0 Å². The summed E-state index contributed by atoms with van der Waals surface area (Å²) in [7, 11) is 0. The summed E-state index contributed by atoms with van der Waals surface area (Å²) in [5.41, 5.74) is 15.5. The van der Waals surface area contributed by atoms with Crippen LogP contribution in [0.5, 0.6) is 23.0 Å². The van der Waals surface area contributed by atoms with Crippen LogP contribution < -0.4 is 42.3 Å². The topological polar surface area (TPSA) is 18.5 Å². The van der Waals surface area contributed by atoms with Crippen molar-refractivity contribution < 1.29 is 9.47 Å². The van der Waals surface area contributed by atoms with Gasteiger partial charge in [-0.1, -0.05) is 95.9 Å². The van der Waals surface area contributed by atoms with Crippen LogP contribution in [-0.2, 0) is 0 Å². The number of para-hydroxylation sites is 2. The van der Waals surface area contributed by atoms with Crippen molar-refractivity contribution in [1.29, 1.82) is 0 Å². The van der Waals surface area contributed by atoms with E-state index in [1.165, 1.54) is 98.5 Å². The fraction of sp³-hybridized carbons (Fsp3) is 0.0476. The SMILES string of the molecule is Cc1cc2c3c(c1)-c1ccc4cc5c6c(ccc7cc(c1c4c76)B3c1ccccc1O2)-c1cc(C)cc2c1B5c1ccccc1O2. The van der Waals surface area contributed by atoms with E-state index in [4.69, 9.17) is 9.47 Å². The molecule has 0 aliphatic carbocycles. The lowest BCUT2D eigenvalue weighted by molar-refractivity contribution is 0.487. The van der Waals surface area contributed by atoms with Gasteiger partial charge in [-0.3, -0.25) is 0 Å². The molecule has 4 heterocycles. The van der Waals surface area contributed by atoms with Gasteiger partial charge >= 0.3 is 0 Å². The van der Waals surface area contributed by atoms with Gasteiger partial charge in [0.25, 0.3) is 13.4 Å². The number of ether oxygens (including phenoxy) is 2. The molecule has 0 saturated carbocycles. The second-order valence-electron chi connectivity index (χ2n) is 13.7. The maximum Gasteiger partial charge on any atom is 0.252 e. The predicted molar refractivity (Wildman–Crippen MR) is 193 cm³/mol. The van der Waals surface area contributed by atoms with Crippen molar-refractivity contribution in [2.75, 3.05) is 0 Å². The average molecular weight is 582 g/mol. The van der Waals surface area contributed by atoms with Gasteiger partial charge < -0.3 is 9.47 Å². The van der Waals surface area contributed by atoms with Crippen LogP contribution in [-0.4, -0.2) is 13.4 Å². The molecular weight excluding hydrogens is 558 g/mol. The molecule has 12 rings (SSSR count). The molecule has 0 fully saturated rings. The molecule has 0 N–H and O–H groups in total. The summed E-state index contributed by atoms with van der Waals surface area (Å²) in [5, 5.41) is 8.18. The number of hydrogen-bond acceptors (Lipinski definition) is 2. The molecule has 4 aliphatic heterocycles. The van der Waals surface area contributed by atoms with Crippen LogP contribution in [0.15, 0.2) is 109 Å². The van der Waals surface area contributed by atoms with Gasteiger partial charge in [0, 0.05) is 0 Å². The molecule has 0 amide bonds. The Kier molecular flexibility index (Phi) is 4.06. The van der Waals surface area contributed by atoms with Gasteiger partial charge in [-0.05, 0) is 126 Å². The van der Waals surface area contributed by atoms with Crippen LogP contribution in [0.3, 0.4) is 0 Å². The maximum atomic E-state index is 6.60. The van der Waals surface area contributed by atoms with Gasteiger partial charge in [-0.15, -0.1) is 0 Å². The molecule has 0 radical (unpaired) electrons. The molecule has 46 heavy (non-hydrogen) atoms. The minimum absolute atomic E-state index is 0.123. The third kappa shape index (κ3) is 2.67. The van der Waals surface area contributed by atoms with Crippen LogP contribution in [0.25, 0.3) is 54.6 Å². The maximum absolute atomic E-state index is 6.60. The van der Waals surface area contributed by atoms with Crippen LogP contribution in [0.4, 0.5) is 0 Å². The number of hydrogen-bond donors (Lipinski definition) is 0. The van der Waals surface area contributed by atoms with Crippen molar-refractivity contribution in [1.82, 2.24) is 0 Å². The van der Waals surface area contributed by atoms with Gasteiger partial charge in [0.2, 0.25) is 0 Å². The summed E-state index contributed by atoms with van der Waals surface area (Å²) in [6.07, 6.45) is 0. The molecule has 0 saturated heterocycles. The molecule has 4 aliphatic rings. The smallest absolute Gasteiger partial charge is 0.252 e. The first kappa shape index (κ1) is 23.9. The fourth-order valence-electron chi connectivity index (χ4n) is 9.56. The number of benzene rings is 8. The van der Waals surface area contributed by atoms with Crippen LogP contribution in [0, 0.1) is 13.8 Å². The zero-order chi connectivity index (χ0) is 30.0. The highest BCUT2D eigenvalue weighted by atomic mass is 16.5. The number of aryl methyl sites for hydroxylation is 2. The zero-order valence-corrected chi connectivity index (χ0v) is 25.4. The van der Waals surface area contributed by atoms with E-state index in [2.05, 4.69) is 123 Å². The quantitative estimate of drug-likeness (QED) is 0.152. The van der Waals surface area contributed by atoms with Crippen LogP contribution in [0.2, 0.25) is 0 Å². The van der Waals surface area contributed by atoms with Gasteiger partial charge in [0.15, 0.2) is 0 Å². The largest absolute Gasteiger partial charge is 0.458 e. The van der Waals surface area contributed by atoms with Crippen molar-refractivity contribution in [3.05, 3.63) is 120 Å². The molecule has 0 unspecified atom stereocenters. The van der Waals surface area contributed by atoms with Crippen molar-refractivity contribution in [2.45, 2.75) is 13.8 Å². The Hall–Kier alpha value is -5.47. The van der Waals surface area contributed by atoms with Crippen molar-refractivity contribution in [2.24, 2.45) is 0 Å².